The zero-order valence-corrected chi connectivity index (χ0v) is 14.8. The van der Waals surface area contributed by atoms with Gasteiger partial charge in [-0.2, -0.15) is 18.3 Å². The molecule has 27 heavy (non-hydrogen) atoms. The van der Waals surface area contributed by atoms with Gasteiger partial charge in [0.2, 0.25) is 0 Å². The van der Waals surface area contributed by atoms with Gasteiger partial charge in [-0.15, -0.1) is 0 Å². The molecule has 1 atom stereocenters. The van der Waals surface area contributed by atoms with Crippen LogP contribution in [0, 0.1) is 13.8 Å². The fourth-order valence-corrected chi connectivity index (χ4v) is 2.39. The molecule has 10 heteroatoms. The van der Waals surface area contributed by atoms with Crippen molar-refractivity contribution in [2.45, 2.75) is 39.6 Å². The number of carboxylic acids is 1. The first-order chi connectivity index (χ1) is 12.5. The molecule has 2 rings (SSSR count). The summed E-state index contributed by atoms with van der Waals surface area (Å²) in [5.41, 5.74) is 0.304. The van der Waals surface area contributed by atoms with Crippen LogP contribution in [-0.2, 0) is 22.3 Å². The van der Waals surface area contributed by atoms with E-state index in [9.17, 15) is 22.8 Å². The summed E-state index contributed by atoms with van der Waals surface area (Å²) in [5.74, 6) is -1.78. The second-order valence-electron chi connectivity index (χ2n) is 5.87. The fourth-order valence-electron chi connectivity index (χ4n) is 2.39. The third kappa shape index (κ3) is 4.99. The lowest BCUT2D eigenvalue weighted by Gasteiger charge is -2.16. The number of aryl methyl sites for hydroxylation is 1. The van der Waals surface area contributed by atoms with Crippen LogP contribution in [0.3, 0.4) is 0 Å². The summed E-state index contributed by atoms with van der Waals surface area (Å²) in [5, 5.41) is 15.5. The van der Waals surface area contributed by atoms with Gasteiger partial charge in [-0.05, 0) is 39.0 Å². The number of carbonyl (C=O) groups is 2. The average Bonchev–Trinajstić information content (AvgIpc) is 2.81. The normalized spacial score (nSPS) is 12.5. The van der Waals surface area contributed by atoms with E-state index in [2.05, 4.69) is 10.4 Å². The number of nitrogens with zero attached hydrogens (tertiary/aromatic N) is 2. The summed E-state index contributed by atoms with van der Waals surface area (Å²) in [4.78, 5) is 23.1. The predicted molar refractivity (Wildman–Crippen MR) is 89.5 cm³/mol. The van der Waals surface area contributed by atoms with Crippen molar-refractivity contribution in [3.05, 3.63) is 41.2 Å². The standard InChI is InChI=1S/C17H18F3N3O4/c1-9-15(10(2)23(22-9)8-14(24)25)21-16(26)11(3)27-13-6-4-5-12(7-13)17(18,19)20/h4-7,11H,8H2,1-3H3,(H,21,26)(H,24,25). The first-order valence-electron chi connectivity index (χ1n) is 7.89. The Morgan fingerprint density at radius 1 is 1.33 bits per heavy atom. The number of aromatic nitrogens is 2. The summed E-state index contributed by atoms with van der Waals surface area (Å²) >= 11 is 0. The number of carboxylic acid groups (broad SMARTS) is 1. The molecule has 1 heterocycles. The van der Waals surface area contributed by atoms with Crippen molar-refractivity contribution in [1.82, 2.24) is 9.78 Å². The quantitative estimate of drug-likeness (QED) is 0.797. The molecule has 146 valence electrons. The van der Waals surface area contributed by atoms with E-state index in [1.807, 2.05) is 0 Å². The number of halogens is 3. The van der Waals surface area contributed by atoms with Crippen LogP contribution in [0.15, 0.2) is 24.3 Å². The smallest absolute Gasteiger partial charge is 0.416 e. The molecule has 1 amide bonds. The molecule has 2 aromatic rings. The van der Waals surface area contributed by atoms with Gasteiger partial charge in [0.1, 0.15) is 12.3 Å². The highest BCUT2D eigenvalue weighted by atomic mass is 19.4. The molecule has 0 spiro atoms. The number of anilines is 1. The van der Waals surface area contributed by atoms with Crippen molar-refractivity contribution < 1.29 is 32.6 Å². The van der Waals surface area contributed by atoms with Crippen molar-refractivity contribution >= 4 is 17.6 Å². The van der Waals surface area contributed by atoms with Gasteiger partial charge in [0.05, 0.1) is 22.6 Å². The van der Waals surface area contributed by atoms with Crippen LogP contribution in [0.2, 0.25) is 0 Å². The highest BCUT2D eigenvalue weighted by molar-refractivity contribution is 5.95. The lowest BCUT2D eigenvalue weighted by molar-refractivity contribution is -0.138. The van der Waals surface area contributed by atoms with E-state index < -0.39 is 29.7 Å². The Labute approximate surface area is 152 Å². The third-order valence-corrected chi connectivity index (χ3v) is 3.76. The van der Waals surface area contributed by atoms with Crippen LogP contribution in [0.4, 0.5) is 18.9 Å². The maximum absolute atomic E-state index is 12.7. The Morgan fingerprint density at radius 3 is 2.59 bits per heavy atom. The summed E-state index contributed by atoms with van der Waals surface area (Å²) in [6.45, 7) is 4.22. The summed E-state index contributed by atoms with van der Waals surface area (Å²) in [6.07, 6.45) is -5.60. The van der Waals surface area contributed by atoms with E-state index in [0.717, 1.165) is 12.1 Å². The molecule has 0 saturated carbocycles. The third-order valence-electron chi connectivity index (χ3n) is 3.76. The second kappa shape index (κ2) is 7.68. The number of rotatable bonds is 6. The molecule has 0 aliphatic carbocycles. The van der Waals surface area contributed by atoms with Crippen LogP contribution >= 0.6 is 0 Å². The number of aliphatic carboxylic acids is 1. The minimum Gasteiger partial charge on any atom is -0.481 e. The molecule has 0 bridgehead atoms. The summed E-state index contributed by atoms with van der Waals surface area (Å²) in [6, 6.07) is 4.22. The van der Waals surface area contributed by atoms with E-state index in [-0.39, 0.29) is 12.3 Å². The Hall–Kier alpha value is -3.04. The highest BCUT2D eigenvalue weighted by Gasteiger charge is 2.31. The molecule has 1 unspecified atom stereocenters. The monoisotopic (exact) mass is 385 g/mol. The van der Waals surface area contributed by atoms with Gasteiger partial charge in [0.15, 0.2) is 6.10 Å². The maximum Gasteiger partial charge on any atom is 0.416 e. The molecule has 1 aromatic heterocycles. The van der Waals surface area contributed by atoms with Gasteiger partial charge >= 0.3 is 12.1 Å². The number of amides is 1. The largest absolute Gasteiger partial charge is 0.481 e. The number of hydrogen-bond donors (Lipinski definition) is 2. The van der Waals surface area contributed by atoms with Gasteiger partial charge in [-0.25, -0.2) is 0 Å². The number of benzene rings is 1. The number of ether oxygens (including phenoxy) is 1. The summed E-state index contributed by atoms with van der Waals surface area (Å²) in [7, 11) is 0. The minimum absolute atomic E-state index is 0.0949. The first kappa shape index (κ1) is 20.3. The SMILES string of the molecule is Cc1nn(CC(=O)O)c(C)c1NC(=O)C(C)Oc1cccc(C(F)(F)F)c1. The number of alkyl halides is 3. The van der Waals surface area contributed by atoms with E-state index >= 15 is 0 Å². The lowest BCUT2D eigenvalue weighted by Crippen LogP contribution is -2.30. The summed E-state index contributed by atoms with van der Waals surface area (Å²) < 4.78 is 44.8. The molecule has 7 nitrogen and oxygen atoms in total. The fraction of sp³-hybridized carbons (Fsp3) is 0.353. The molecular formula is C17H18F3N3O4. The Kier molecular flexibility index (Phi) is 5.77. The molecule has 1 aromatic carbocycles. The van der Waals surface area contributed by atoms with Gasteiger partial charge in [-0.1, -0.05) is 6.07 Å². The van der Waals surface area contributed by atoms with Crippen molar-refractivity contribution in [1.29, 1.82) is 0 Å². The highest BCUT2D eigenvalue weighted by Crippen LogP contribution is 2.31. The second-order valence-corrected chi connectivity index (χ2v) is 5.87. The molecule has 0 aliphatic rings. The Balaban J connectivity index is 2.11. The van der Waals surface area contributed by atoms with E-state index in [1.165, 1.54) is 23.7 Å². The topological polar surface area (TPSA) is 93.5 Å². The molecule has 0 fully saturated rings. The lowest BCUT2D eigenvalue weighted by atomic mass is 10.2. The van der Waals surface area contributed by atoms with Crippen LogP contribution in [0.5, 0.6) is 5.75 Å². The Morgan fingerprint density at radius 2 is 2.00 bits per heavy atom. The molecule has 2 N–H and O–H groups in total. The van der Waals surface area contributed by atoms with Crippen molar-refractivity contribution in [2.24, 2.45) is 0 Å². The van der Waals surface area contributed by atoms with Gasteiger partial charge in [-0.3, -0.25) is 14.3 Å². The number of hydrogen-bond acceptors (Lipinski definition) is 4. The minimum atomic E-state index is -4.52. The zero-order valence-electron chi connectivity index (χ0n) is 14.8. The zero-order chi connectivity index (χ0) is 20.4. The van der Waals surface area contributed by atoms with Crippen LogP contribution in [-0.4, -0.2) is 32.9 Å². The average molecular weight is 385 g/mol. The van der Waals surface area contributed by atoms with Crippen molar-refractivity contribution in [3.63, 3.8) is 0 Å². The number of carbonyl (C=O) groups excluding carboxylic acids is 1. The molecule has 0 saturated heterocycles. The van der Waals surface area contributed by atoms with Crippen LogP contribution < -0.4 is 10.1 Å². The predicted octanol–water partition coefficient (Wildman–Crippen LogP) is 3.01. The van der Waals surface area contributed by atoms with E-state index in [4.69, 9.17) is 9.84 Å². The van der Waals surface area contributed by atoms with Gasteiger partial charge < -0.3 is 15.2 Å². The molecule has 0 aliphatic heterocycles. The molecule has 0 radical (unpaired) electrons. The maximum atomic E-state index is 12.7. The number of nitrogens with one attached hydrogen (secondary N) is 1. The Bertz CT molecular complexity index is 862. The first-order valence-corrected chi connectivity index (χ1v) is 7.89. The van der Waals surface area contributed by atoms with Crippen LogP contribution in [0.25, 0.3) is 0 Å². The van der Waals surface area contributed by atoms with E-state index in [1.54, 1.807) is 13.8 Å². The van der Waals surface area contributed by atoms with Gasteiger partial charge in [0, 0.05) is 0 Å². The van der Waals surface area contributed by atoms with Crippen molar-refractivity contribution in [3.8, 4) is 5.75 Å². The van der Waals surface area contributed by atoms with Gasteiger partial charge in [0.25, 0.3) is 5.91 Å². The van der Waals surface area contributed by atoms with E-state index in [0.29, 0.717) is 17.1 Å². The molecular weight excluding hydrogens is 367 g/mol. The van der Waals surface area contributed by atoms with Crippen molar-refractivity contribution in [2.75, 3.05) is 5.32 Å². The van der Waals surface area contributed by atoms with Crippen LogP contribution in [0.1, 0.15) is 23.9 Å².